The number of aryl methyl sites for hydroxylation is 1. The fourth-order valence-electron chi connectivity index (χ4n) is 1.73. The quantitative estimate of drug-likeness (QED) is 0.784. The fraction of sp³-hybridized carbons (Fsp3) is 0.364. The van der Waals surface area contributed by atoms with Crippen LogP contribution in [0.1, 0.15) is 5.82 Å². The summed E-state index contributed by atoms with van der Waals surface area (Å²) in [7, 11) is 1.35. The lowest BCUT2D eigenvalue weighted by Gasteiger charge is -2.28. The minimum Gasteiger partial charge on any atom is -0.348 e. The Morgan fingerprint density at radius 3 is 1.91 bits per heavy atom. The van der Waals surface area contributed by atoms with Crippen LogP contribution in [0.15, 0.2) is 18.3 Å². The Labute approximate surface area is 122 Å². The van der Waals surface area contributed by atoms with Gasteiger partial charge in [-0.3, -0.25) is 0 Å². The molecule has 0 aromatic carbocycles. The molecule has 0 saturated heterocycles. The first kappa shape index (κ1) is 17.1. The van der Waals surface area contributed by atoms with Gasteiger partial charge in [-0.25, -0.2) is 9.37 Å². The zero-order valence-electron chi connectivity index (χ0n) is 11.0. The van der Waals surface area contributed by atoms with E-state index in [9.17, 15) is 35.1 Å². The minimum atomic E-state index is -6.44. The monoisotopic (exact) mass is 346 g/mol. The van der Waals surface area contributed by atoms with E-state index >= 15 is 0 Å². The van der Waals surface area contributed by atoms with E-state index in [2.05, 4.69) is 15.0 Å². The summed E-state index contributed by atoms with van der Waals surface area (Å²) in [5.41, 5.74) is -6.05. The molecule has 0 bridgehead atoms. The average Bonchev–Trinajstić information content (AvgIpc) is 2.80. The number of aromatic nitrogens is 4. The van der Waals surface area contributed by atoms with E-state index in [1.54, 1.807) is 0 Å². The Balaban J connectivity index is 2.72. The van der Waals surface area contributed by atoms with E-state index in [-0.39, 0.29) is 5.69 Å². The van der Waals surface area contributed by atoms with Crippen LogP contribution in [0.5, 0.6) is 0 Å². The Hall–Kier alpha value is -2.27. The minimum absolute atomic E-state index is 0.126. The van der Waals surface area contributed by atoms with Crippen molar-refractivity contribution >= 4 is 0 Å². The maximum absolute atomic E-state index is 13.9. The third-order valence-corrected chi connectivity index (χ3v) is 2.87. The number of nitrogens with zero attached hydrogens (tertiary/aromatic N) is 4. The van der Waals surface area contributed by atoms with Gasteiger partial charge in [0.05, 0.1) is 5.69 Å². The third-order valence-electron chi connectivity index (χ3n) is 2.87. The Morgan fingerprint density at radius 1 is 0.913 bits per heavy atom. The molecule has 12 heteroatoms. The standard InChI is InChI=1S/C11H6F8N4/c1-23-4-2-3-5(23)6-20-7(22-8(12)21-6)9(13,10(14,15)16)11(17,18)19/h2-4H,1H3. The van der Waals surface area contributed by atoms with Gasteiger partial charge in [-0.05, 0) is 12.1 Å². The number of alkyl halides is 7. The SMILES string of the molecule is Cn1cccc1-c1nc(F)nc(C(F)(C(F)(F)F)C(F)(F)F)n1. The van der Waals surface area contributed by atoms with E-state index in [1.165, 1.54) is 29.9 Å². The van der Waals surface area contributed by atoms with E-state index < -0.39 is 35.7 Å². The van der Waals surface area contributed by atoms with Gasteiger partial charge in [0.25, 0.3) is 0 Å². The highest BCUT2D eigenvalue weighted by molar-refractivity contribution is 5.49. The topological polar surface area (TPSA) is 43.6 Å². The molecule has 4 nitrogen and oxygen atoms in total. The van der Waals surface area contributed by atoms with Gasteiger partial charge in [-0.1, -0.05) is 0 Å². The van der Waals surface area contributed by atoms with Crippen LogP contribution in [0.3, 0.4) is 0 Å². The van der Waals surface area contributed by atoms with Crippen molar-refractivity contribution in [2.45, 2.75) is 18.0 Å². The zero-order valence-corrected chi connectivity index (χ0v) is 11.0. The number of hydrogen-bond acceptors (Lipinski definition) is 3. The van der Waals surface area contributed by atoms with Crippen molar-refractivity contribution in [2.75, 3.05) is 0 Å². The molecule has 0 aliphatic rings. The maximum Gasteiger partial charge on any atom is 0.439 e. The van der Waals surface area contributed by atoms with Gasteiger partial charge in [-0.2, -0.15) is 40.7 Å². The molecule has 2 aromatic rings. The molecule has 23 heavy (non-hydrogen) atoms. The van der Waals surface area contributed by atoms with Crippen molar-refractivity contribution < 1.29 is 35.1 Å². The molecular formula is C11H6F8N4. The van der Waals surface area contributed by atoms with E-state index in [0.29, 0.717) is 0 Å². The van der Waals surface area contributed by atoms with E-state index in [0.717, 1.165) is 0 Å². The second-order valence-corrected chi connectivity index (χ2v) is 4.41. The molecule has 2 aromatic heterocycles. The van der Waals surface area contributed by atoms with Gasteiger partial charge in [0.2, 0.25) is 0 Å². The first-order valence-corrected chi connectivity index (χ1v) is 5.74. The molecular weight excluding hydrogens is 340 g/mol. The van der Waals surface area contributed by atoms with Gasteiger partial charge in [0.15, 0.2) is 11.6 Å². The predicted molar refractivity (Wildman–Crippen MR) is 59.1 cm³/mol. The molecule has 0 atom stereocenters. The Kier molecular flexibility index (Phi) is 3.81. The van der Waals surface area contributed by atoms with Crippen molar-refractivity contribution in [1.82, 2.24) is 19.5 Å². The summed E-state index contributed by atoms with van der Waals surface area (Å²) in [5, 5.41) is 0. The molecule has 0 saturated carbocycles. The second kappa shape index (κ2) is 5.13. The first-order valence-electron chi connectivity index (χ1n) is 5.74. The highest BCUT2D eigenvalue weighted by Gasteiger charge is 2.76. The van der Waals surface area contributed by atoms with Crippen LogP contribution in [-0.2, 0) is 12.7 Å². The summed E-state index contributed by atoms with van der Waals surface area (Å²) in [4.78, 5) is 8.11. The number of halogens is 8. The largest absolute Gasteiger partial charge is 0.439 e. The fourth-order valence-corrected chi connectivity index (χ4v) is 1.73. The van der Waals surface area contributed by atoms with Crippen LogP contribution in [0.4, 0.5) is 35.1 Å². The highest BCUT2D eigenvalue weighted by atomic mass is 19.4. The van der Waals surface area contributed by atoms with Crippen LogP contribution in [-0.4, -0.2) is 31.9 Å². The summed E-state index contributed by atoms with van der Waals surface area (Å²) in [6.45, 7) is 0. The molecule has 0 radical (unpaired) electrons. The highest BCUT2D eigenvalue weighted by Crippen LogP contribution is 2.52. The second-order valence-electron chi connectivity index (χ2n) is 4.41. The van der Waals surface area contributed by atoms with Crippen molar-refractivity contribution in [3.63, 3.8) is 0 Å². The van der Waals surface area contributed by atoms with Gasteiger partial charge in [0.1, 0.15) is 0 Å². The molecule has 2 rings (SSSR count). The number of hydrogen-bond donors (Lipinski definition) is 0. The normalized spacial score (nSPS) is 13.4. The Morgan fingerprint density at radius 2 is 1.48 bits per heavy atom. The van der Waals surface area contributed by atoms with Crippen LogP contribution in [0.2, 0.25) is 0 Å². The van der Waals surface area contributed by atoms with E-state index in [4.69, 9.17) is 0 Å². The van der Waals surface area contributed by atoms with Crippen LogP contribution < -0.4 is 0 Å². The average molecular weight is 346 g/mol. The van der Waals surface area contributed by atoms with Crippen molar-refractivity contribution in [1.29, 1.82) is 0 Å². The lowest BCUT2D eigenvalue weighted by molar-refractivity contribution is -0.351. The van der Waals surface area contributed by atoms with Gasteiger partial charge in [-0.15, -0.1) is 0 Å². The molecule has 0 aliphatic carbocycles. The molecule has 0 spiro atoms. The van der Waals surface area contributed by atoms with Crippen LogP contribution >= 0.6 is 0 Å². The number of rotatable bonds is 2. The Bertz CT molecular complexity index is 704. The summed E-state index contributed by atoms with van der Waals surface area (Å²) in [6.07, 6.45) is -13.5. The molecule has 2 heterocycles. The van der Waals surface area contributed by atoms with Crippen molar-refractivity contribution in [3.8, 4) is 11.5 Å². The summed E-state index contributed by atoms with van der Waals surface area (Å²) < 4.78 is 104. The van der Waals surface area contributed by atoms with Crippen LogP contribution in [0.25, 0.3) is 11.5 Å². The van der Waals surface area contributed by atoms with E-state index in [1.807, 2.05) is 0 Å². The summed E-state index contributed by atoms with van der Waals surface area (Å²) >= 11 is 0. The predicted octanol–water partition coefficient (Wildman–Crippen LogP) is 3.31. The molecule has 0 fully saturated rings. The lowest BCUT2D eigenvalue weighted by Crippen LogP contribution is -2.51. The molecule has 0 N–H and O–H groups in total. The van der Waals surface area contributed by atoms with Crippen molar-refractivity contribution in [2.24, 2.45) is 7.05 Å². The van der Waals surface area contributed by atoms with Gasteiger partial charge in [0, 0.05) is 13.2 Å². The summed E-state index contributed by atoms with van der Waals surface area (Å²) in [6, 6.07) is 2.55. The molecule has 0 unspecified atom stereocenters. The summed E-state index contributed by atoms with van der Waals surface area (Å²) in [5.74, 6) is -3.28. The molecule has 126 valence electrons. The van der Waals surface area contributed by atoms with Crippen molar-refractivity contribution in [3.05, 3.63) is 30.2 Å². The van der Waals surface area contributed by atoms with Gasteiger partial charge >= 0.3 is 24.1 Å². The lowest BCUT2D eigenvalue weighted by atomic mass is 10.0. The zero-order chi connectivity index (χ0) is 17.6. The van der Waals surface area contributed by atoms with Gasteiger partial charge < -0.3 is 4.57 Å². The smallest absolute Gasteiger partial charge is 0.348 e. The first-order chi connectivity index (χ1) is 10.4. The van der Waals surface area contributed by atoms with Crippen LogP contribution in [0, 0.1) is 6.08 Å². The molecule has 0 aliphatic heterocycles. The maximum atomic E-state index is 13.9. The third kappa shape index (κ3) is 2.72. The molecule has 0 amide bonds.